The zero-order valence-electron chi connectivity index (χ0n) is 9.63. The molecule has 0 spiro atoms. The molecule has 0 radical (unpaired) electrons. The van der Waals surface area contributed by atoms with Gasteiger partial charge in [0, 0.05) is 11.8 Å². The number of halogens is 3. The molecule has 1 unspecified atom stereocenters. The average molecular weight is 263 g/mol. The van der Waals surface area contributed by atoms with E-state index < -0.39 is 5.51 Å². The van der Waals surface area contributed by atoms with Crippen LogP contribution in [0.25, 0.3) is 0 Å². The first kappa shape index (κ1) is 14.4. The Bertz CT molecular complexity index is 313. The van der Waals surface area contributed by atoms with Gasteiger partial charge in [-0.15, -0.1) is 0 Å². The third-order valence-corrected chi connectivity index (χ3v) is 3.27. The van der Waals surface area contributed by atoms with Crippen LogP contribution in [0.1, 0.15) is 24.4 Å². The predicted molar refractivity (Wildman–Crippen MR) is 66.0 cm³/mol. The molecule has 1 atom stereocenters. The number of thioether (sulfide) groups is 1. The Labute approximate surface area is 104 Å². The molecule has 0 saturated heterocycles. The van der Waals surface area contributed by atoms with Gasteiger partial charge in [0.1, 0.15) is 0 Å². The van der Waals surface area contributed by atoms with Crippen LogP contribution in [0.4, 0.5) is 13.2 Å². The van der Waals surface area contributed by atoms with E-state index in [-0.39, 0.29) is 23.6 Å². The summed E-state index contributed by atoms with van der Waals surface area (Å²) in [7, 11) is 1.83. The summed E-state index contributed by atoms with van der Waals surface area (Å²) < 4.78 is 35.8. The first-order valence-corrected chi connectivity index (χ1v) is 6.44. The van der Waals surface area contributed by atoms with Crippen molar-refractivity contribution in [3.05, 3.63) is 35.9 Å². The number of benzene rings is 1. The Morgan fingerprint density at radius 3 is 2.41 bits per heavy atom. The Morgan fingerprint density at radius 2 is 1.88 bits per heavy atom. The summed E-state index contributed by atoms with van der Waals surface area (Å²) in [6.07, 6.45) is 1.26. The fourth-order valence-electron chi connectivity index (χ4n) is 1.64. The predicted octanol–water partition coefficient (Wildman–Crippen LogP) is 3.98. The minimum Gasteiger partial charge on any atom is -0.313 e. The number of nitrogens with one attached hydrogen (secondary N) is 1. The fourth-order valence-corrected chi connectivity index (χ4v) is 2.18. The van der Waals surface area contributed by atoms with Gasteiger partial charge in [-0.2, -0.15) is 13.2 Å². The van der Waals surface area contributed by atoms with E-state index in [9.17, 15) is 13.2 Å². The SMILES string of the molecule is CNC(CCCSC(F)(F)F)c1ccccc1. The van der Waals surface area contributed by atoms with Crippen LogP contribution < -0.4 is 5.32 Å². The van der Waals surface area contributed by atoms with Gasteiger partial charge in [0.15, 0.2) is 0 Å². The van der Waals surface area contributed by atoms with Gasteiger partial charge in [-0.1, -0.05) is 42.1 Å². The number of hydrogen-bond acceptors (Lipinski definition) is 2. The second kappa shape index (κ2) is 6.91. The van der Waals surface area contributed by atoms with Gasteiger partial charge >= 0.3 is 5.51 Å². The lowest BCUT2D eigenvalue weighted by atomic mass is 10.0. The Kier molecular flexibility index (Phi) is 5.85. The van der Waals surface area contributed by atoms with Gasteiger partial charge in [-0.3, -0.25) is 0 Å². The molecule has 5 heteroatoms. The molecule has 0 amide bonds. The fraction of sp³-hybridized carbons (Fsp3) is 0.500. The molecule has 1 N–H and O–H groups in total. The highest BCUT2D eigenvalue weighted by molar-refractivity contribution is 8.00. The highest BCUT2D eigenvalue weighted by Gasteiger charge is 2.27. The first-order chi connectivity index (χ1) is 8.03. The molecule has 17 heavy (non-hydrogen) atoms. The monoisotopic (exact) mass is 263 g/mol. The minimum atomic E-state index is -4.11. The summed E-state index contributed by atoms with van der Waals surface area (Å²) in [5.74, 6) is 0.120. The zero-order valence-corrected chi connectivity index (χ0v) is 10.4. The van der Waals surface area contributed by atoms with Crippen molar-refractivity contribution in [2.45, 2.75) is 24.4 Å². The smallest absolute Gasteiger partial charge is 0.313 e. The van der Waals surface area contributed by atoms with E-state index in [0.717, 1.165) is 5.56 Å². The quantitative estimate of drug-likeness (QED) is 0.779. The van der Waals surface area contributed by atoms with Crippen molar-refractivity contribution >= 4 is 11.8 Å². The summed E-state index contributed by atoms with van der Waals surface area (Å²) in [5.41, 5.74) is -2.99. The van der Waals surface area contributed by atoms with Crippen LogP contribution in [0.5, 0.6) is 0 Å². The third kappa shape index (κ3) is 5.98. The molecule has 0 saturated carbocycles. The molecule has 1 nitrogen and oxygen atoms in total. The normalized spacial score (nSPS) is 13.6. The van der Waals surface area contributed by atoms with Crippen LogP contribution in [0.3, 0.4) is 0 Å². The molecule has 96 valence electrons. The number of alkyl halides is 3. The van der Waals surface area contributed by atoms with E-state index >= 15 is 0 Å². The molecular weight excluding hydrogens is 247 g/mol. The molecule has 0 aromatic heterocycles. The van der Waals surface area contributed by atoms with E-state index in [4.69, 9.17) is 0 Å². The van der Waals surface area contributed by atoms with Gasteiger partial charge in [0.25, 0.3) is 0 Å². The van der Waals surface area contributed by atoms with Crippen molar-refractivity contribution in [2.75, 3.05) is 12.8 Å². The van der Waals surface area contributed by atoms with Gasteiger partial charge in [0.05, 0.1) is 0 Å². The lowest BCUT2D eigenvalue weighted by molar-refractivity contribution is -0.0328. The zero-order chi connectivity index (χ0) is 12.7. The summed E-state index contributed by atoms with van der Waals surface area (Å²) in [6, 6.07) is 9.89. The highest BCUT2D eigenvalue weighted by atomic mass is 32.2. The van der Waals surface area contributed by atoms with E-state index in [1.807, 2.05) is 37.4 Å². The molecule has 0 aliphatic rings. The number of hydrogen-bond donors (Lipinski definition) is 1. The average Bonchev–Trinajstić information content (AvgIpc) is 2.29. The molecule has 0 fully saturated rings. The minimum absolute atomic E-state index is 0.0535. The summed E-state index contributed by atoms with van der Waals surface area (Å²) in [5, 5.41) is 3.13. The maximum atomic E-state index is 11.9. The highest BCUT2D eigenvalue weighted by Crippen LogP contribution is 2.31. The standard InChI is InChI=1S/C12H16F3NS/c1-16-11(10-6-3-2-4-7-10)8-5-9-17-12(13,14)15/h2-4,6-7,11,16H,5,8-9H2,1H3. The first-order valence-electron chi connectivity index (χ1n) is 5.46. The second-order valence-corrected chi connectivity index (χ2v) is 4.85. The molecule has 0 aliphatic carbocycles. The number of rotatable bonds is 6. The van der Waals surface area contributed by atoms with E-state index in [2.05, 4.69) is 5.32 Å². The van der Waals surface area contributed by atoms with Gasteiger partial charge in [-0.05, 0) is 25.5 Å². The van der Waals surface area contributed by atoms with Crippen molar-refractivity contribution in [1.29, 1.82) is 0 Å². The lowest BCUT2D eigenvalue weighted by Gasteiger charge is -2.16. The van der Waals surface area contributed by atoms with Crippen molar-refractivity contribution in [3.63, 3.8) is 0 Å². The largest absolute Gasteiger partial charge is 0.441 e. The topological polar surface area (TPSA) is 12.0 Å². The molecule has 0 heterocycles. The van der Waals surface area contributed by atoms with Crippen LogP contribution >= 0.6 is 11.8 Å². The molecular formula is C12H16F3NS. The summed E-state index contributed by atoms with van der Waals surface area (Å²) in [4.78, 5) is 0. The molecule has 0 bridgehead atoms. The van der Waals surface area contributed by atoms with Crippen LogP contribution in [0.2, 0.25) is 0 Å². The Hall–Kier alpha value is -0.680. The van der Waals surface area contributed by atoms with Crippen molar-refractivity contribution in [1.82, 2.24) is 5.32 Å². The van der Waals surface area contributed by atoms with Crippen molar-refractivity contribution in [2.24, 2.45) is 0 Å². The van der Waals surface area contributed by atoms with Gasteiger partial charge in [-0.25, -0.2) is 0 Å². The molecule has 1 aromatic carbocycles. The van der Waals surface area contributed by atoms with Gasteiger partial charge < -0.3 is 5.32 Å². The van der Waals surface area contributed by atoms with E-state index in [0.29, 0.717) is 12.8 Å². The molecule has 1 rings (SSSR count). The lowest BCUT2D eigenvalue weighted by Crippen LogP contribution is -2.16. The maximum Gasteiger partial charge on any atom is 0.441 e. The van der Waals surface area contributed by atoms with Crippen molar-refractivity contribution < 1.29 is 13.2 Å². The summed E-state index contributed by atoms with van der Waals surface area (Å²) in [6.45, 7) is 0. The van der Waals surface area contributed by atoms with Gasteiger partial charge in [0.2, 0.25) is 0 Å². The second-order valence-electron chi connectivity index (χ2n) is 3.69. The maximum absolute atomic E-state index is 11.9. The third-order valence-electron chi connectivity index (χ3n) is 2.45. The van der Waals surface area contributed by atoms with Crippen LogP contribution in [-0.2, 0) is 0 Å². The summed E-state index contributed by atoms with van der Waals surface area (Å²) >= 11 is 0.0535. The Balaban J connectivity index is 2.34. The van der Waals surface area contributed by atoms with Crippen LogP contribution in [-0.4, -0.2) is 18.3 Å². The van der Waals surface area contributed by atoms with Crippen LogP contribution in [0.15, 0.2) is 30.3 Å². The Morgan fingerprint density at radius 1 is 1.24 bits per heavy atom. The molecule has 0 aliphatic heterocycles. The van der Waals surface area contributed by atoms with E-state index in [1.54, 1.807) is 0 Å². The van der Waals surface area contributed by atoms with Crippen LogP contribution in [0, 0.1) is 0 Å². The van der Waals surface area contributed by atoms with E-state index in [1.165, 1.54) is 0 Å². The van der Waals surface area contributed by atoms with Crippen molar-refractivity contribution in [3.8, 4) is 0 Å². The molecule has 1 aromatic rings.